The molecule has 0 aliphatic carbocycles. The largest absolute Gasteiger partial charge is 0.381 e. The predicted molar refractivity (Wildman–Crippen MR) is 59.9 cm³/mol. The Hall–Kier alpha value is -0.910. The first-order valence-corrected chi connectivity index (χ1v) is 5.55. The molecule has 90 valence electrons. The monoisotopic (exact) mass is 225 g/mol. The van der Waals surface area contributed by atoms with Gasteiger partial charge in [-0.25, -0.2) is 4.98 Å². The van der Waals surface area contributed by atoms with Gasteiger partial charge in [-0.05, 0) is 0 Å². The van der Waals surface area contributed by atoms with E-state index >= 15 is 0 Å². The van der Waals surface area contributed by atoms with Gasteiger partial charge >= 0.3 is 0 Å². The molecule has 1 aliphatic heterocycles. The average molecular weight is 225 g/mol. The van der Waals surface area contributed by atoms with Crippen LogP contribution in [0.3, 0.4) is 0 Å². The summed E-state index contributed by atoms with van der Waals surface area (Å²) < 4.78 is 13.0. The lowest BCUT2D eigenvalue weighted by molar-refractivity contribution is -0.106. The van der Waals surface area contributed by atoms with Crippen LogP contribution in [0.5, 0.6) is 0 Å². The van der Waals surface area contributed by atoms with Crippen LogP contribution >= 0.6 is 0 Å². The van der Waals surface area contributed by atoms with Crippen LogP contribution < -0.4 is 5.73 Å². The van der Waals surface area contributed by atoms with Crippen molar-refractivity contribution < 1.29 is 9.47 Å². The summed E-state index contributed by atoms with van der Waals surface area (Å²) in [6.07, 6.45) is 5.30. The number of imidazole rings is 1. The fourth-order valence-electron chi connectivity index (χ4n) is 2.27. The first kappa shape index (κ1) is 11.6. The molecule has 5 nitrogen and oxygen atoms in total. The number of hydrogen-bond donors (Lipinski definition) is 1. The van der Waals surface area contributed by atoms with Crippen LogP contribution in [0.4, 0.5) is 0 Å². The molecule has 1 aliphatic rings. The maximum Gasteiger partial charge on any atom is 0.128 e. The summed E-state index contributed by atoms with van der Waals surface area (Å²) >= 11 is 0. The van der Waals surface area contributed by atoms with Crippen molar-refractivity contribution in [3.05, 3.63) is 18.2 Å². The Labute approximate surface area is 95.6 Å². The zero-order valence-electron chi connectivity index (χ0n) is 9.85. The Morgan fingerprint density at radius 2 is 2.25 bits per heavy atom. The molecule has 2 N–H and O–H groups in total. The van der Waals surface area contributed by atoms with Gasteiger partial charge in [0, 0.05) is 52.6 Å². The number of hydrogen-bond acceptors (Lipinski definition) is 4. The molecular formula is C11H19N3O2. The van der Waals surface area contributed by atoms with E-state index in [0.29, 0.717) is 13.2 Å². The molecule has 5 heteroatoms. The first-order chi connectivity index (χ1) is 7.69. The van der Waals surface area contributed by atoms with Gasteiger partial charge in [0.15, 0.2) is 0 Å². The summed E-state index contributed by atoms with van der Waals surface area (Å²) in [5, 5.41) is 0. The number of rotatable bonds is 3. The minimum atomic E-state index is -0.336. The number of ether oxygens (including phenoxy) is 2. The highest BCUT2D eigenvalue weighted by Gasteiger charge is 2.41. The van der Waals surface area contributed by atoms with Gasteiger partial charge in [0.2, 0.25) is 0 Å². The van der Waals surface area contributed by atoms with E-state index in [1.54, 1.807) is 13.3 Å². The van der Waals surface area contributed by atoms with Gasteiger partial charge in [-0.2, -0.15) is 0 Å². The number of aromatic nitrogens is 2. The van der Waals surface area contributed by atoms with Gasteiger partial charge in [0.1, 0.15) is 5.82 Å². The maximum absolute atomic E-state index is 6.30. The van der Waals surface area contributed by atoms with E-state index < -0.39 is 0 Å². The van der Waals surface area contributed by atoms with Crippen LogP contribution in [0.1, 0.15) is 24.7 Å². The molecule has 1 unspecified atom stereocenters. The molecule has 1 saturated heterocycles. The summed E-state index contributed by atoms with van der Waals surface area (Å²) in [5.74, 6) is 0.865. The lowest BCUT2D eigenvalue weighted by Crippen LogP contribution is -2.48. The van der Waals surface area contributed by atoms with Crippen LogP contribution in [0.2, 0.25) is 0 Å². The van der Waals surface area contributed by atoms with Crippen molar-refractivity contribution >= 4 is 0 Å². The van der Waals surface area contributed by atoms with Gasteiger partial charge in [0.05, 0.1) is 11.6 Å². The SMILES string of the molecule is COC1(C(N)c2nccn2C)CCOCC1. The highest BCUT2D eigenvalue weighted by atomic mass is 16.5. The minimum absolute atomic E-state index is 0.207. The summed E-state index contributed by atoms with van der Waals surface area (Å²) in [5.41, 5.74) is 5.96. The molecule has 1 fully saturated rings. The second-order valence-electron chi connectivity index (χ2n) is 4.26. The molecule has 0 aromatic carbocycles. The van der Waals surface area contributed by atoms with E-state index in [4.69, 9.17) is 15.2 Å². The zero-order chi connectivity index (χ0) is 11.6. The Morgan fingerprint density at radius 3 is 2.75 bits per heavy atom. The number of nitrogens with two attached hydrogens (primary N) is 1. The summed E-state index contributed by atoms with van der Waals surface area (Å²) in [4.78, 5) is 4.30. The minimum Gasteiger partial charge on any atom is -0.381 e. The Balaban J connectivity index is 2.24. The Morgan fingerprint density at radius 1 is 1.56 bits per heavy atom. The number of methoxy groups -OCH3 is 1. The van der Waals surface area contributed by atoms with Gasteiger partial charge in [-0.1, -0.05) is 0 Å². The van der Waals surface area contributed by atoms with E-state index in [9.17, 15) is 0 Å². The first-order valence-electron chi connectivity index (χ1n) is 5.55. The molecule has 2 heterocycles. The molecule has 0 radical (unpaired) electrons. The molecule has 0 saturated carbocycles. The highest BCUT2D eigenvalue weighted by molar-refractivity contribution is 5.07. The van der Waals surface area contributed by atoms with E-state index in [0.717, 1.165) is 18.7 Å². The molecule has 16 heavy (non-hydrogen) atoms. The van der Waals surface area contributed by atoms with E-state index in [1.165, 1.54) is 0 Å². The van der Waals surface area contributed by atoms with Crippen molar-refractivity contribution in [2.75, 3.05) is 20.3 Å². The van der Waals surface area contributed by atoms with Crippen molar-refractivity contribution in [2.24, 2.45) is 12.8 Å². The third kappa shape index (κ3) is 1.86. The van der Waals surface area contributed by atoms with Crippen molar-refractivity contribution in [1.29, 1.82) is 0 Å². The lowest BCUT2D eigenvalue weighted by Gasteiger charge is -2.40. The number of nitrogens with zero attached hydrogens (tertiary/aromatic N) is 2. The van der Waals surface area contributed by atoms with Gasteiger partial charge in [-0.15, -0.1) is 0 Å². The summed E-state index contributed by atoms with van der Waals surface area (Å²) in [7, 11) is 3.67. The molecule has 1 aromatic heterocycles. The summed E-state index contributed by atoms with van der Waals surface area (Å²) in [6.45, 7) is 1.40. The van der Waals surface area contributed by atoms with Gasteiger partial charge in [0.25, 0.3) is 0 Å². The second kappa shape index (κ2) is 4.53. The molecular weight excluding hydrogens is 206 g/mol. The maximum atomic E-state index is 6.30. The standard InChI is InChI=1S/C11H19N3O2/c1-14-6-5-13-10(14)9(12)11(15-2)3-7-16-8-4-11/h5-6,9H,3-4,7-8,12H2,1-2H3. The lowest BCUT2D eigenvalue weighted by atomic mass is 9.86. The topological polar surface area (TPSA) is 62.3 Å². The fourth-order valence-corrected chi connectivity index (χ4v) is 2.27. The van der Waals surface area contributed by atoms with Crippen LogP contribution in [0, 0.1) is 0 Å². The van der Waals surface area contributed by atoms with Gasteiger partial charge in [-0.3, -0.25) is 0 Å². The third-order valence-corrected chi connectivity index (χ3v) is 3.45. The van der Waals surface area contributed by atoms with E-state index in [2.05, 4.69) is 4.98 Å². The Kier molecular flexibility index (Phi) is 3.28. The number of aryl methyl sites for hydroxylation is 1. The molecule has 0 bridgehead atoms. The average Bonchev–Trinajstić information content (AvgIpc) is 2.75. The smallest absolute Gasteiger partial charge is 0.128 e. The van der Waals surface area contributed by atoms with Gasteiger partial charge < -0.3 is 19.8 Å². The third-order valence-electron chi connectivity index (χ3n) is 3.45. The van der Waals surface area contributed by atoms with Crippen molar-refractivity contribution in [3.63, 3.8) is 0 Å². The zero-order valence-corrected chi connectivity index (χ0v) is 9.85. The highest BCUT2D eigenvalue weighted by Crippen LogP contribution is 2.34. The summed E-state index contributed by atoms with van der Waals surface area (Å²) in [6, 6.07) is -0.207. The van der Waals surface area contributed by atoms with Crippen molar-refractivity contribution in [2.45, 2.75) is 24.5 Å². The second-order valence-corrected chi connectivity index (χ2v) is 4.26. The Bertz CT molecular complexity index is 345. The van der Waals surface area contributed by atoms with Crippen LogP contribution in [0.15, 0.2) is 12.4 Å². The van der Waals surface area contributed by atoms with Crippen LogP contribution in [0.25, 0.3) is 0 Å². The van der Waals surface area contributed by atoms with Crippen molar-refractivity contribution in [3.8, 4) is 0 Å². The molecule has 0 spiro atoms. The molecule has 2 rings (SSSR count). The van der Waals surface area contributed by atoms with Crippen LogP contribution in [-0.4, -0.2) is 35.5 Å². The van der Waals surface area contributed by atoms with E-state index in [-0.39, 0.29) is 11.6 Å². The normalized spacial score (nSPS) is 21.9. The van der Waals surface area contributed by atoms with Crippen LogP contribution in [-0.2, 0) is 16.5 Å². The molecule has 0 amide bonds. The van der Waals surface area contributed by atoms with Crippen molar-refractivity contribution in [1.82, 2.24) is 9.55 Å². The predicted octanol–water partition coefficient (Wildman–Crippen LogP) is 0.615. The fraction of sp³-hybridized carbons (Fsp3) is 0.727. The van der Waals surface area contributed by atoms with E-state index in [1.807, 2.05) is 17.8 Å². The molecule has 1 atom stereocenters. The molecule has 1 aromatic rings. The quantitative estimate of drug-likeness (QED) is 0.819.